The topological polar surface area (TPSA) is 104 Å². The molecule has 1 aromatic carbocycles. The highest BCUT2D eigenvalue weighted by molar-refractivity contribution is 6.01. The molecule has 2 fully saturated rings. The third-order valence-electron chi connectivity index (χ3n) is 6.60. The van der Waals surface area contributed by atoms with E-state index in [0.717, 1.165) is 23.2 Å². The Balaban J connectivity index is 1.47. The number of carbonyl (C=O) groups is 1. The number of aromatic nitrogens is 5. The molecule has 172 valence electrons. The smallest absolute Gasteiger partial charge is 0.234 e. The molecule has 9 nitrogen and oxygen atoms in total. The summed E-state index contributed by atoms with van der Waals surface area (Å²) in [4.78, 5) is 26.9. The van der Waals surface area contributed by atoms with Crippen molar-refractivity contribution in [3.63, 3.8) is 0 Å². The van der Waals surface area contributed by atoms with Crippen LogP contribution >= 0.6 is 0 Å². The van der Waals surface area contributed by atoms with Gasteiger partial charge >= 0.3 is 0 Å². The van der Waals surface area contributed by atoms with Gasteiger partial charge in [-0.2, -0.15) is 5.10 Å². The number of amides is 1. The summed E-state index contributed by atoms with van der Waals surface area (Å²) in [6, 6.07) is 11.7. The molecule has 2 aliphatic rings. The molecule has 2 atom stereocenters. The number of carbonyl (C=O) groups excluding carboxylic acids is 1. The Morgan fingerprint density at radius 2 is 2.12 bits per heavy atom. The van der Waals surface area contributed by atoms with Gasteiger partial charge in [-0.25, -0.2) is 15.0 Å². The summed E-state index contributed by atoms with van der Waals surface area (Å²) in [5.41, 5.74) is 4.00. The molecule has 9 heteroatoms. The minimum atomic E-state index is -0.444. The maximum absolute atomic E-state index is 13.1. The molecule has 1 amide bonds. The van der Waals surface area contributed by atoms with Gasteiger partial charge in [0.15, 0.2) is 11.6 Å². The average Bonchev–Trinajstić information content (AvgIpc) is 3.19. The van der Waals surface area contributed by atoms with Crippen molar-refractivity contribution >= 4 is 22.8 Å². The van der Waals surface area contributed by atoms with Crippen molar-refractivity contribution in [2.24, 2.45) is 18.4 Å². The van der Waals surface area contributed by atoms with Gasteiger partial charge in [0.25, 0.3) is 0 Å². The largest absolute Gasteiger partial charge is 0.490 e. The number of nitrogens with zero attached hydrogens (tertiary/aromatic N) is 5. The molecule has 1 aliphatic carbocycles. The average molecular weight is 457 g/mol. The minimum absolute atomic E-state index is 0.0763. The lowest BCUT2D eigenvalue weighted by molar-refractivity contribution is -0.121. The number of fused-ring (bicyclic) bond motifs is 2. The number of hydrogen-bond acceptors (Lipinski definition) is 7. The summed E-state index contributed by atoms with van der Waals surface area (Å²) in [6.07, 6.45) is 4.28. The van der Waals surface area contributed by atoms with Gasteiger partial charge in [-0.05, 0) is 13.3 Å². The minimum Gasteiger partial charge on any atom is -0.490 e. The van der Waals surface area contributed by atoms with Gasteiger partial charge in [0.1, 0.15) is 23.2 Å². The van der Waals surface area contributed by atoms with Crippen molar-refractivity contribution in [3.8, 4) is 28.3 Å². The summed E-state index contributed by atoms with van der Waals surface area (Å²) in [6.45, 7) is 3.42. The van der Waals surface area contributed by atoms with E-state index in [1.54, 1.807) is 10.7 Å². The highest BCUT2D eigenvalue weighted by Crippen LogP contribution is 2.57. The summed E-state index contributed by atoms with van der Waals surface area (Å²) in [5.74, 6) is 1.06. The molecular weight excluding hydrogens is 432 g/mol. The van der Waals surface area contributed by atoms with Crippen LogP contribution in [-0.4, -0.2) is 50.5 Å². The zero-order valence-corrected chi connectivity index (χ0v) is 19.0. The lowest BCUT2D eigenvalue weighted by Gasteiger charge is -2.15. The Morgan fingerprint density at radius 1 is 1.26 bits per heavy atom. The molecule has 6 rings (SSSR count). The molecule has 1 saturated heterocycles. The molecule has 4 heterocycles. The van der Waals surface area contributed by atoms with Crippen LogP contribution < -0.4 is 10.1 Å². The molecule has 0 bridgehead atoms. The fourth-order valence-corrected chi connectivity index (χ4v) is 4.73. The van der Waals surface area contributed by atoms with Gasteiger partial charge < -0.3 is 14.8 Å². The Kier molecular flexibility index (Phi) is 4.80. The maximum atomic E-state index is 13.1. The third kappa shape index (κ3) is 3.31. The van der Waals surface area contributed by atoms with Gasteiger partial charge in [-0.3, -0.25) is 9.48 Å². The van der Waals surface area contributed by atoms with E-state index < -0.39 is 5.41 Å². The van der Waals surface area contributed by atoms with Crippen LogP contribution in [0.1, 0.15) is 13.3 Å². The van der Waals surface area contributed by atoms with E-state index in [1.807, 2.05) is 50.5 Å². The van der Waals surface area contributed by atoms with Crippen LogP contribution in [0, 0.1) is 11.3 Å². The molecule has 1 N–H and O–H groups in total. The molecule has 0 unspecified atom stereocenters. The second-order valence-electron chi connectivity index (χ2n) is 8.82. The molecule has 3 aromatic heterocycles. The van der Waals surface area contributed by atoms with Gasteiger partial charge in [-0.1, -0.05) is 30.3 Å². The number of benzene rings is 1. The summed E-state index contributed by atoms with van der Waals surface area (Å²) >= 11 is 0. The number of rotatable bonds is 6. The number of hydrogen-bond donors (Lipinski definition) is 1. The van der Waals surface area contributed by atoms with Gasteiger partial charge in [-0.15, -0.1) is 0 Å². The van der Waals surface area contributed by atoms with Crippen molar-refractivity contribution in [1.29, 1.82) is 0 Å². The summed E-state index contributed by atoms with van der Waals surface area (Å²) in [7, 11) is 1.88. The predicted octanol–water partition coefficient (Wildman–Crippen LogP) is 3.47. The van der Waals surface area contributed by atoms with E-state index in [9.17, 15) is 4.79 Å². The Bertz CT molecular complexity index is 1400. The SMILES string of the molecule is CCOc1cc2ncnc(-c3cn(C)nc3-c3ccccc3)c2nc1NC(=O)[C@]12COC[C@H]1C2. The number of pyridine rings is 1. The Hall–Kier alpha value is -3.85. The van der Waals surface area contributed by atoms with Gasteiger partial charge in [0.2, 0.25) is 5.91 Å². The second kappa shape index (κ2) is 7.88. The first-order valence-corrected chi connectivity index (χ1v) is 11.4. The number of anilines is 1. The van der Waals surface area contributed by atoms with E-state index in [0.29, 0.717) is 48.1 Å². The molecule has 0 spiro atoms. The molecule has 4 aromatic rings. The highest BCUT2D eigenvalue weighted by atomic mass is 16.5. The van der Waals surface area contributed by atoms with Crippen LogP contribution in [0.2, 0.25) is 0 Å². The lowest BCUT2D eigenvalue weighted by atomic mass is 10.0. The second-order valence-corrected chi connectivity index (χ2v) is 8.82. The standard InChI is InChI=1S/C25H24N6O3/c1-3-34-19-9-18-22(28-23(19)29-24(32)25-10-16(25)12-33-13-25)21(27-14-26-18)17-11-31(2)30-20(17)15-7-5-4-6-8-15/h4-9,11,14,16H,3,10,12-13H2,1-2H3,(H,28,29,32)/t16-,25-/m1/s1. The predicted molar refractivity (Wildman–Crippen MR) is 126 cm³/mol. The van der Waals surface area contributed by atoms with E-state index in [4.69, 9.17) is 14.5 Å². The zero-order chi connectivity index (χ0) is 23.3. The van der Waals surface area contributed by atoms with Crippen LogP contribution in [0.5, 0.6) is 5.75 Å². The quantitative estimate of drug-likeness (QED) is 0.474. The van der Waals surface area contributed by atoms with Crippen LogP contribution in [0.3, 0.4) is 0 Å². The van der Waals surface area contributed by atoms with E-state index in [1.165, 1.54) is 6.33 Å². The molecule has 0 radical (unpaired) electrons. The van der Waals surface area contributed by atoms with Crippen molar-refractivity contribution in [2.75, 3.05) is 25.1 Å². The molecule has 34 heavy (non-hydrogen) atoms. The number of aryl methyl sites for hydroxylation is 1. The van der Waals surface area contributed by atoms with Crippen molar-refractivity contribution < 1.29 is 14.3 Å². The zero-order valence-electron chi connectivity index (χ0n) is 19.0. The molecule has 1 aliphatic heterocycles. The van der Waals surface area contributed by atoms with E-state index >= 15 is 0 Å². The number of ether oxygens (including phenoxy) is 2. The van der Waals surface area contributed by atoms with E-state index in [2.05, 4.69) is 20.4 Å². The third-order valence-corrected chi connectivity index (χ3v) is 6.60. The van der Waals surface area contributed by atoms with Crippen molar-refractivity contribution in [3.05, 3.63) is 48.9 Å². The van der Waals surface area contributed by atoms with Crippen LogP contribution in [-0.2, 0) is 16.6 Å². The molecule has 1 saturated carbocycles. The normalized spacial score (nSPS) is 20.8. The fourth-order valence-electron chi connectivity index (χ4n) is 4.73. The monoisotopic (exact) mass is 456 g/mol. The van der Waals surface area contributed by atoms with Crippen LogP contribution in [0.25, 0.3) is 33.5 Å². The fraction of sp³-hybridized carbons (Fsp3) is 0.320. The van der Waals surface area contributed by atoms with Crippen molar-refractivity contribution in [1.82, 2.24) is 24.7 Å². The number of nitrogens with one attached hydrogen (secondary N) is 1. The van der Waals surface area contributed by atoms with Gasteiger partial charge in [0.05, 0.1) is 30.8 Å². The first-order chi connectivity index (χ1) is 16.6. The van der Waals surface area contributed by atoms with E-state index in [-0.39, 0.29) is 11.8 Å². The Morgan fingerprint density at radius 3 is 2.85 bits per heavy atom. The summed E-state index contributed by atoms with van der Waals surface area (Å²) < 4.78 is 13.1. The van der Waals surface area contributed by atoms with Crippen LogP contribution in [0.15, 0.2) is 48.9 Å². The maximum Gasteiger partial charge on any atom is 0.234 e. The molecular formula is C25H24N6O3. The first kappa shape index (κ1) is 20.7. The van der Waals surface area contributed by atoms with Crippen molar-refractivity contribution in [2.45, 2.75) is 13.3 Å². The summed E-state index contributed by atoms with van der Waals surface area (Å²) in [5, 5.41) is 7.68. The first-order valence-electron chi connectivity index (χ1n) is 11.4. The van der Waals surface area contributed by atoms with Crippen LogP contribution in [0.4, 0.5) is 5.82 Å². The lowest BCUT2D eigenvalue weighted by Crippen LogP contribution is -2.27. The highest BCUT2D eigenvalue weighted by Gasteiger charge is 2.63. The van der Waals surface area contributed by atoms with Gasteiger partial charge in [0, 0.05) is 36.4 Å². The Labute approximate surface area is 196 Å².